The Morgan fingerprint density at radius 3 is 2.79 bits per heavy atom. The highest BCUT2D eigenvalue weighted by Gasteiger charge is 2.60. The van der Waals surface area contributed by atoms with Gasteiger partial charge in [0.25, 0.3) is 11.8 Å². The Balaban J connectivity index is 1.84. The number of hydrogen-bond acceptors (Lipinski definition) is 4. The zero-order valence-electron chi connectivity index (χ0n) is 15.6. The largest absolute Gasteiger partial charge is 0.322 e. The summed E-state index contributed by atoms with van der Waals surface area (Å²) in [5.74, 6) is -1.05. The number of para-hydroxylation sites is 1. The summed E-state index contributed by atoms with van der Waals surface area (Å²) >= 11 is 0. The predicted octanol–water partition coefficient (Wildman–Crippen LogP) is 2.66. The van der Waals surface area contributed by atoms with Crippen molar-refractivity contribution in [2.24, 2.45) is 0 Å². The van der Waals surface area contributed by atoms with Crippen LogP contribution in [-0.2, 0) is 9.59 Å². The molecule has 7 heteroatoms. The smallest absolute Gasteiger partial charge is 0.271 e. The van der Waals surface area contributed by atoms with Crippen LogP contribution in [0.3, 0.4) is 0 Å². The van der Waals surface area contributed by atoms with Crippen molar-refractivity contribution in [1.29, 1.82) is 5.26 Å². The van der Waals surface area contributed by atoms with Crippen molar-refractivity contribution in [3.05, 3.63) is 72.3 Å². The van der Waals surface area contributed by atoms with Crippen LogP contribution in [0.1, 0.15) is 28.8 Å². The number of rotatable bonds is 4. The van der Waals surface area contributed by atoms with Crippen molar-refractivity contribution in [2.75, 3.05) is 16.8 Å². The van der Waals surface area contributed by atoms with Gasteiger partial charge < -0.3 is 10.2 Å². The molecule has 0 aromatic heterocycles. The molecule has 29 heavy (non-hydrogen) atoms. The van der Waals surface area contributed by atoms with Gasteiger partial charge in [-0.2, -0.15) is 5.26 Å². The van der Waals surface area contributed by atoms with E-state index in [9.17, 15) is 14.4 Å². The van der Waals surface area contributed by atoms with Gasteiger partial charge in [0, 0.05) is 25.1 Å². The molecule has 4 rings (SSSR count). The number of carbonyl (C=O) groups is 3. The molecule has 1 fully saturated rings. The van der Waals surface area contributed by atoms with Crippen LogP contribution in [0.2, 0.25) is 0 Å². The van der Waals surface area contributed by atoms with E-state index in [1.54, 1.807) is 48.5 Å². The van der Waals surface area contributed by atoms with Gasteiger partial charge in [0.1, 0.15) is 0 Å². The molecule has 0 spiro atoms. The van der Waals surface area contributed by atoms with E-state index in [-0.39, 0.29) is 31.2 Å². The maximum Gasteiger partial charge on any atom is 0.271 e. The van der Waals surface area contributed by atoms with Crippen LogP contribution < -0.4 is 10.2 Å². The SMILES string of the molecule is C=CCN1C(=O)c2ccccc2N2C(=O)CCC12C(=O)Nc1cccc(C#N)c1. The number of amides is 3. The van der Waals surface area contributed by atoms with Crippen molar-refractivity contribution in [3.8, 4) is 6.07 Å². The first-order chi connectivity index (χ1) is 14.0. The maximum absolute atomic E-state index is 13.5. The molecule has 7 nitrogen and oxygen atoms in total. The fourth-order valence-corrected chi connectivity index (χ4v) is 4.06. The Bertz CT molecular complexity index is 1090. The van der Waals surface area contributed by atoms with Crippen molar-refractivity contribution in [1.82, 2.24) is 4.90 Å². The van der Waals surface area contributed by atoms with Gasteiger partial charge in [-0.25, -0.2) is 0 Å². The molecule has 0 bridgehead atoms. The molecule has 0 aliphatic carbocycles. The molecule has 1 saturated heterocycles. The van der Waals surface area contributed by atoms with Gasteiger partial charge >= 0.3 is 0 Å². The van der Waals surface area contributed by atoms with Gasteiger partial charge in [0.05, 0.1) is 22.9 Å². The highest BCUT2D eigenvalue weighted by Crippen LogP contribution is 2.44. The number of carbonyl (C=O) groups excluding carboxylic acids is 3. The second-order valence-electron chi connectivity index (χ2n) is 6.91. The van der Waals surface area contributed by atoms with E-state index in [0.717, 1.165) is 0 Å². The number of hydrogen-bond donors (Lipinski definition) is 1. The lowest BCUT2D eigenvalue weighted by molar-refractivity contribution is -0.128. The molecule has 2 aromatic rings. The van der Waals surface area contributed by atoms with Crippen LogP contribution in [0, 0.1) is 11.3 Å². The van der Waals surface area contributed by atoms with E-state index in [1.165, 1.54) is 15.9 Å². The first-order valence-electron chi connectivity index (χ1n) is 9.19. The number of nitrogens with zero attached hydrogens (tertiary/aromatic N) is 3. The Morgan fingerprint density at radius 1 is 1.24 bits per heavy atom. The molecular formula is C22H18N4O3. The molecule has 3 amide bonds. The quantitative estimate of drug-likeness (QED) is 0.818. The summed E-state index contributed by atoms with van der Waals surface area (Å²) in [6, 6.07) is 15.3. The molecule has 2 aliphatic heterocycles. The summed E-state index contributed by atoms with van der Waals surface area (Å²) in [6.07, 6.45) is 1.85. The molecule has 1 N–H and O–H groups in total. The fraction of sp³-hybridized carbons (Fsp3) is 0.182. The third-order valence-electron chi connectivity index (χ3n) is 5.30. The number of nitriles is 1. The topological polar surface area (TPSA) is 93.5 Å². The van der Waals surface area contributed by atoms with E-state index >= 15 is 0 Å². The second kappa shape index (κ2) is 6.91. The summed E-state index contributed by atoms with van der Waals surface area (Å²) in [7, 11) is 0. The predicted molar refractivity (Wildman–Crippen MR) is 107 cm³/mol. The van der Waals surface area contributed by atoms with E-state index in [0.29, 0.717) is 22.5 Å². The molecule has 2 heterocycles. The van der Waals surface area contributed by atoms with Gasteiger partial charge in [0.15, 0.2) is 0 Å². The summed E-state index contributed by atoms with van der Waals surface area (Å²) in [5, 5.41) is 11.9. The standard InChI is InChI=1S/C22H18N4O3/c1-2-12-25-20(28)17-8-3-4-9-18(17)26-19(27)10-11-22(25,26)21(29)24-16-7-5-6-15(13-16)14-23/h2-9,13H,1,10-12H2,(H,24,29). The van der Waals surface area contributed by atoms with Crippen LogP contribution in [0.25, 0.3) is 0 Å². The summed E-state index contributed by atoms with van der Waals surface area (Å²) < 4.78 is 0. The van der Waals surface area contributed by atoms with Gasteiger partial charge in [-0.1, -0.05) is 24.3 Å². The Morgan fingerprint density at radius 2 is 2.03 bits per heavy atom. The highest BCUT2D eigenvalue weighted by molar-refractivity contribution is 6.18. The molecule has 2 aliphatic rings. The van der Waals surface area contributed by atoms with Crippen LogP contribution >= 0.6 is 0 Å². The Labute approximate surface area is 167 Å². The third kappa shape index (κ3) is 2.69. The molecule has 0 saturated carbocycles. The number of nitrogens with one attached hydrogen (secondary N) is 1. The first-order valence-corrected chi connectivity index (χ1v) is 9.19. The van der Waals surface area contributed by atoms with Crippen molar-refractivity contribution < 1.29 is 14.4 Å². The fourth-order valence-electron chi connectivity index (χ4n) is 4.06. The summed E-state index contributed by atoms with van der Waals surface area (Å²) in [5.41, 5.74) is 0.139. The monoisotopic (exact) mass is 386 g/mol. The minimum Gasteiger partial charge on any atom is -0.322 e. The lowest BCUT2D eigenvalue weighted by atomic mass is 9.95. The molecular weight excluding hydrogens is 368 g/mol. The summed E-state index contributed by atoms with van der Waals surface area (Å²) in [4.78, 5) is 42.4. The molecule has 1 unspecified atom stereocenters. The lowest BCUT2D eigenvalue weighted by Crippen LogP contribution is -2.69. The number of benzene rings is 2. The van der Waals surface area contributed by atoms with Gasteiger partial charge in [0.2, 0.25) is 11.6 Å². The third-order valence-corrected chi connectivity index (χ3v) is 5.30. The number of anilines is 2. The Hall–Kier alpha value is -3.92. The van der Waals surface area contributed by atoms with Gasteiger partial charge in [-0.3, -0.25) is 19.3 Å². The normalized spacial score (nSPS) is 20.0. The van der Waals surface area contributed by atoms with E-state index in [1.807, 2.05) is 6.07 Å². The Kier molecular flexibility index (Phi) is 4.40. The second-order valence-corrected chi connectivity index (χ2v) is 6.91. The average Bonchev–Trinajstić information content (AvgIpc) is 3.09. The van der Waals surface area contributed by atoms with Crippen molar-refractivity contribution >= 4 is 29.1 Å². The van der Waals surface area contributed by atoms with E-state index < -0.39 is 11.6 Å². The van der Waals surface area contributed by atoms with Crippen LogP contribution in [0.5, 0.6) is 0 Å². The maximum atomic E-state index is 13.5. The minimum atomic E-state index is -1.49. The molecule has 1 atom stereocenters. The minimum absolute atomic E-state index is 0.114. The van der Waals surface area contributed by atoms with Crippen molar-refractivity contribution in [2.45, 2.75) is 18.5 Å². The van der Waals surface area contributed by atoms with E-state index in [2.05, 4.69) is 11.9 Å². The van der Waals surface area contributed by atoms with Crippen molar-refractivity contribution in [3.63, 3.8) is 0 Å². The lowest BCUT2D eigenvalue weighted by Gasteiger charge is -2.48. The summed E-state index contributed by atoms with van der Waals surface area (Å²) in [6.45, 7) is 3.82. The molecule has 144 valence electrons. The first kappa shape index (κ1) is 18.4. The zero-order chi connectivity index (χ0) is 20.6. The van der Waals surface area contributed by atoms with Crippen LogP contribution in [0.15, 0.2) is 61.2 Å². The highest BCUT2D eigenvalue weighted by atomic mass is 16.2. The zero-order valence-corrected chi connectivity index (χ0v) is 15.6. The van der Waals surface area contributed by atoms with Gasteiger partial charge in [-0.05, 0) is 30.3 Å². The van der Waals surface area contributed by atoms with Gasteiger partial charge in [-0.15, -0.1) is 6.58 Å². The van der Waals surface area contributed by atoms with E-state index in [4.69, 9.17) is 5.26 Å². The van der Waals surface area contributed by atoms with Crippen LogP contribution in [-0.4, -0.2) is 34.8 Å². The average molecular weight is 386 g/mol. The number of fused-ring (bicyclic) bond motifs is 3. The molecule has 2 aromatic carbocycles. The van der Waals surface area contributed by atoms with Crippen LogP contribution in [0.4, 0.5) is 11.4 Å². The molecule has 0 radical (unpaired) electrons.